The van der Waals surface area contributed by atoms with Crippen molar-refractivity contribution in [2.75, 3.05) is 13.7 Å². The zero-order valence-corrected chi connectivity index (χ0v) is 12.8. The van der Waals surface area contributed by atoms with E-state index < -0.39 is 24.0 Å². The Hall–Kier alpha value is -1.63. The van der Waals surface area contributed by atoms with E-state index in [-0.39, 0.29) is 24.2 Å². The van der Waals surface area contributed by atoms with Gasteiger partial charge in [0, 0.05) is 12.5 Å². The highest BCUT2D eigenvalue weighted by Crippen LogP contribution is 2.17. The smallest absolute Gasteiger partial charge is 0.328 e. The van der Waals surface area contributed by atoms with Gasteiger partial charge in [0.25, 0.3) is 0 Å². The van der Waals surface area contributed by atoms with E-state index in [9.17, 15) is 14.4 Å². The number of amides is 2. The molecule has 0 radical (unpaired) electrons. The zero-order valence-electron chi connectivity index (χ0n) is 12.8. The van der Waals surface area contributed by atoms with Crippen LogP contribution in [0.15, 0.2) is 0 Å². The van der Waals surface area contributed by atoms with Gasteiger partial charge in [0.1, 0.15) is 6.04 Å². The summed E-state index contributed by atoms with van der Waals surface area (Å²) in [5.41, 5.74) is 5.80. The lowest BCUT2D eigenvalue weighted by Gasteiger charge is -2.21. The molecule has 120 valence electrons. The molecule has 1 fully saturated rings. The van der Waals surface area contributed by atoms with Crippen molar-refractivity contribution in [3.05, 3.63) is 0 Å². The standard InChI is InChI=1S/C14H25N3O4/c1-8(2)6-10(15)13(19)17-11(14(20)21-3)7-9-4-5-16-12(9)18/h8-11H,4-7,15H2,1-3H3,(H,16,18)(H,17,19)/t9?,10-,11?/m0/s1. The van der Waals surface area contributed by atoms with Crippen molar-refractivity contribution in [1.82, 2.24) is 10.6 Å². The predicted octanol–water partition coefficient (Wildman–Crippen LogP) is -0.456. The molecule has 1 saturated heterocycles. The van der Waals surface area contributed by atoms with Crippen LogP contribution in [0, 0.1) is 11.8 Å². The summed E-state index contributed by atoms with van der Waals surface area (Å²) < 4.78 is 4.69. The molecule has 21 heavy (non-hydrogen) atoms. The van der Waals surface area contributed by atoms with Gasteiger partial charge in [0.2, 0.25) is 11.8 Å². The minimum atomic E-state index is -0.838. The minimum Gasteiger partial charge on any atom is -0.467 e. The molecule has 4 N–H and O–H groups in total. The van der Waals surface area contributed by atoms with E-state index in [2.05, 4.69) is 10.6 Å². The van der Waals surface area contributed by atoms with Gasteiger partial charge >= 0.3 is 5.97 Å². The maximum Gasteiger partial charge on any atom is 0.328 e. The second-order valence-corrected chi connectivity index (χ2v) is 5.83. The summed E-state index contributed by atoms with van der Waals surface area (Å²) in [6.07, 6.45) is 1.42. The van der Waals surface area contributed by atoms with Crippen LogP contribution in [0.5, 0.6) is 0 Å². The lowest BCUT2D eigenvalue weighted by Crippen LogP contribution is -2.50. The van der Waals surface area contributed by atoms with Gasteiger partial charge in [0.05, 0.1) is 13.2 Å². The average molecular weight is 299 g/mol. The van der Waals surface area contributed by atoms with E-state index in [1.54, 1.807) is 0 Å². The van der Waals surface area contributed by atoms with Gasteiger partial charge in [-0.3, -0.25) is 9.59 Å². The molecular formula is C14H25N3O4. The molecule has 0 aromatic heterocycles. The summed E-state index contributed by atoms with van der Waals surface area (Å²) in [6, 6.07) is -1.51. The molecular weight excluding hydrogens is 274 g/mol. The lowest BCUT2D eigenvalue weighted by atomic mass is 9.97. The summed E-state index contributed by atoms with van der Waals surface area (Å²) in [7, 11) is 1.25. The van der Waals surface area contributed by atoms with Crippen LogP contribution in [0.3, 0.4) is 0 Å². The van der Waals surface area contributed by atoms with Crippen LogP contribution >= 0.6 is 0 Å². The molecule has 0 spiro atoms. The number of methoxy groups -OCH3 is 1. The fourth-order valence-electron chi connectivity index (χ4n) is 2.40. The maximum absolute atomic E-state index is 12.0. The Labute approximate surface area is 125 Å². The lowest BCUT2D eigenvalue weighted by molar-refractivity contribution is -0.146. The minimum absolute atomic E-state index is 0.0929. The van der Waals surface area contributed by atoms with E-state index in [0.717, 1.165) is 0 Å². The fourth-order valence-corrected chi connectivity index (χ4v) is 2.40. The van der Waals surface area contributed by atoms with Crippen LogP contribution in [0.25, 0.3) is 0 Å². The quantitative estimate of drug-likeness (QED) is 0.551. The van der Waals surface area contributed by atoms with Crippen molar-refractivity contribution in [3.8, 4) is 0 Å². The number of nitrogens with two attached hydrogens (primary N) is 1. The summed E-state index contributed by atoms with van der Waals surface area (Å²) in [6.45, 7) is 4.53. The third-order valence-corrected chi connectivity index (χ3v) is 3.55. The van der Waals surface area contributed by atoms with E-state index in [1.165, 1.54) is 7.11 Å². The Kier molecular flexibility index (Phi) is 6.61. The third-order valence-electron chi connectivity index (χ3n) is 3.55. The summed E-state index contributed by atoms with van der Waals surface area (Å²) >= 11 is 0. The third kappa shape index (κ3) is 5.34. The molecule has 2 amide bonds. The second-order valence-electron chi connectivity index (χ2n) is 5.83. The van der Waals surface area contributed by atoms with Crippen LogP contribution in [0.4, 0.5) is 0 Å². The van der Waals surface area contributed by atoms with Crippen molar-refractivity contribution in [3.63, 3.8) is 0 Å². The van der Waals surface area contributed by atoms with Crippen molar-refractivity contribution in [1.29, 1.82) is 0 Å². The maximum atomic E-state index is 12.0. The second kappa shape index (κ2) is 7.97. The molecule has 7 heteroatoms. The first-order chi connectivity index (χ1) is 9.85. The first kappa shape index (κ1) is 17.4. The number of esters is 1. The molecule has 1 heterocycles. The molecule has 1 aliphatic heterocycles. The van der Waals surface area contributed by atoms with Crippen molar-refractivity contribution >= 4 is 17.8 Å². The van der Waals surface area contributed by atoms with E-state index in [1.807, 2.05) is 13.8 Å². The molecule has 7 nitrogen and oxygen atoms in total. The molecule has 0 aromatic carbocycles. The summed E-state index contributed by atoms with van der Waals surface area (Å²) in [5.74, 6) is -1.04. The SMILES string of the molecule is COC(=O)C(CC1CCNC1=O)NC(=O)[C@@H](N)CC(C)C. The molecule has 1 aliphatic rings. The van der Waals surface area contributed by atoms with Gasteiger partial charge in [-0.15, -0.1) is 0 Å². The van der Waals surface area contributed by atoms with Crippen LogP contribution < -0.4 is 16.4 Å². The summed E-state index contributed by atoms with van der Waals surface area (Å²) in [4.78, 5) is 35.4. The topological polar surface area (TPSA) is 111 Å². The van der Waals surface area contributed by atoms with E-state index in [4.69, 9.17) is 10.5 Å². The van der Waals surface area contributed by atoms with Gasteiger partial charge in [0.15, 0.2) is 0 Å². The van der Waals surface area contributed by atoms with Gasteiger partial charge in [-0.1, -0.05) is 13.8 Å². The van der Waals surface area contributed by atoms with Crippen LogP contribution in [-0.4, -0.2) is 43.5 Å². The van der Waals surface area contributed by atoms with Crippen LogP contribution in [0.2, 0.25) is 0 Å². The Bertz CT molecular complexity index is 398. The highest BCUT2D eigenvalue weighted by molar-refractivity contribution is 5.88. The highest BCUT2D eigenvalue weighted by atomic mass is 16.5. The van der Waals surface area contributed by atoms with Crippen molar-refractivity contribution in [2.24, 2.45) is 17.6 Å². The van der Waals surface area contributed by atoms with Crippen molar-refractivity contribution in [2.45, 2.75) is 45.2 Å². The highest BCUT2D eigenvalue weighted by Gasteiger charge is 2.32. The van der Waals surface area contributed by atoms with Gasteiger partial charge in [-0.25, -0.2) is 4.79 Å². The zero-order chi connectivity index (χ0) is 16.0. The Morgan fingerprint density at radius 2 is 2.14 bits per heavy atom. The van der Waals surface area contributed by atoms with Gasteiger partial charge in [-0.05, 0) is 25.2 Å². The molecule has 3 atom stereocenters. The van der Waals surface area contributed by atoms with Crippen molar-refractivity contribution < 1.29 is 19.1 Å². The Morgan fingerprint density at radius 1 is 1.48 bits per heavy atom. The molecule has 0 saturated carbocycles. The number of carbonyl (C=O) groups excluding carboxylic acids is 3. The number of hydrogen-bond acceptors (Lipinski definition) is 5. The predicted molar refractivity (Wildman–Crippen MR) is 77.1 cm³/mol. The fraction of sp³-hybridized carbons (Fsp3) is 0.786. The monoisotopic (exact) mass is 299 g/mol. The Morgan fingerprint density at radius 3 is 2.62 bits per heavy atom. The van der Waals surface area contributed by atoms with Gasteiger partial charge < -0.3 is 21.1 Å². The van der Waals surface area contributed by atoms with Crippen LogP contribution in [-0.2, 0) is 19.1 Å². The molecule has 0 aliphatic carbocycles. The molecule has 0 aromatic rings. The number of rotatable bonds is 7. The first-order valence-corrected chi connectivity index (χ1v) is 7.26. The number of hydrogen-bond donors (Lipinski definition) is 3. The molecule has 1 rings (SSSR count). The van der Waals surface area contributed by atoms with E-state index >= 15 is 0 Å². The average Bonchev–Trinajstić information content (AvgIpc) is 2.81. The number of nitrogens with one attached hydrogen (secondary N) is 2. The van der Waals surface area contributed by atoms with E-state index in [0.29, 0.717) is 19.4 Å². The van der Waals surface area contributed by atoms with Gasteiger partial charge in [-0.2, -0.15) is 0 Å². The first-order valence-electron chi connectivity index (χ1n) is 7.26. The normalized spacial score (nSPS) is 20.8. The number of carbonyl (C=O) groups is 3. The number of ether oxygens (including phenoxy) is 1. The largest absolute Gasteiger partial charge is 0.467 e. The molecule has 0 bridgehead atoms. The molecule has 2 unspecified atom stereocenters. The summed E-state index contributed by atoms with van der Waals surface area (Å²) in [5, 5.41) is 5.31. The Balaban J connectivity index is 2.63. The van der Waals surface area contributed by atoms with Crippen LogP contribution in [0.1, 0.15) is 33.1 Å².